The molecule has 0 aliphatic rings. The molecule has 20 heavy (non-hydrogen) atoms. The second-order valence-corrected chi connectivity index (χ2v) is 4.15. The van der Waals surface area contributed by atoms with Gasteiger partial charge in [0.1, 0.15) is 5.82 Å². The second-order valence-electron chi connectivity index (χ2n) is 4.15. The average molecular weight is 277 g/mol. The molecule has 104 valence electrons. The Bertz CT molecular complexity index is 792. The van der Waals surface area contributed by atoms with Gasteiger partial charge in [-0.3, -0.25) is 19.5 Å². The van der Waals surface area contributed by atoms with Crippen LogP contribution in [0.1, 0.15) is 5.56 Å². The van der Waals surface area contributed by atoms with Gasteiger partial charge in [0.15, 0.2) is 0 Å². The predicted octanol–water partition coefficient (Wildman–Crippen LogP) is -0.519. The highest BCUT2D eigenvalue weighted by atomic mass is 16.6. The Morgan fingerprint density at radius 1 is 1.45 bits per heavy atom. The molecule has 2 N–H and O–H groups in total. The Labute approximate surface area is 112 Å². The van der Waals surface area contributed by atoms with Gasteiger partial charge in [0.05, 0.1) is 17.7 Å². The molecule has 0 saturated heterocycles. The summed E-state index contributed by atoms with van der Waals surface area (Å²) in [6, 6.07) is 3.06. The van der Waals surface area contributed by atoms with E-state index in [2.05, 4.69) is 4.98 Å². The van der Waals surface area contributed by atoms with Crippen LogP contribution < -0.4 is 17.0 Å². The van der Waals surface area contributed by atoms with Crippen LogP contribution in [-0.4, -0.2) is 19.0 Å². The zero-order valence-electron chi connectivity index (χ0n) is 10.5. The molecule has 9 nitrogen and oxygen atoms in total. The van der Waals surface area contributed by atoms with Crippen molar-refractivity contribution < 1.29 is 4.92 Å². The van der Waals surface area contributed by atoms with E-state index in [-0.39, 0.29) is 12.4 Å². The van der Waals surface area contributed by atoms with E-state index in [9.17, 15) is 19.7 Å². The number of anilines is 1. The van der Waals surface area contributed by atoms with Crippen molar-refractivity contribution in [2.24, 2.45) is 7.05 Å². The van der Waals surface area contributed by atoms with Crippen LogP contribution in [0.2, 0.25) is 0 Å². The zero-order valence-corrected chi connectivity index (χ0v) is 10.5. The monoisotopic (exact) mass is 277 g/mol. The molecule has 9 heteroatoms. The maximum atomic E-state index is 11.9. The van der Waals surface area contributed by atoms with Crippen molar-refractivity contribution in [3.63, 3.8) is 0 Å². The van der Waals surface area contributed by atoms with Crippen molar-refractivity contribution in [3.05, 3.63) is 61.0 Å². The van der Waals surface area contributed by atoms with Gasteiger partial charge in [0.25, 0.3) is 0 Å². The van der Waals surface area contributed by atoms with Crippen molar-refractivity contribution in [1.82, 2.24) is 14.1 Å². The molecule has 0 aromatic carbocycles. The summed E-state index contributed by atoms with van der Waals surface area (Å²) in [5.74, 6) is 0.234. The Morgan fingerprint density at radius 3 is 2.75 bits per heavy atom. The summed E-state index contributed by atoms with van der Waals surface area (Å²) < 4.78 is 1.77. The number of rotatable bonds is 3. The number of nitrogens with two attached hydrogens (primary N) is 1. The minimum Gasteiger partial charge on any atom is -0.384 e. The third kappa shape index (κ3) is 2.41. The number of pyridine rings is 1. The standard InChI is InChI=1S/C11H11N5O4/c1-14-6-8(16(19)20)10(17)15(11(14)18)5-7-2-3-13-9(12)4-7/h2-4,6H,5H2,1H3,(H2,12,13). The van der Waals surface area contributed by atoms with E-state index in [0.717, 1.165) is 15.3 Å². The molecule has 0 aliphatic heterocycles. The van der Waals surface area contributed by atoms with Gasteiger partial charge in [-0.05, 0) is 17.7 Å². The Kier molecular flexibility index (Phi) is 3.34. The van der Waals surface area contributed by atoms with E-state index in [1.165, 1.54) is 19.3 Å². The summed E-state index contributed by atoms with van der Waals surface area (Å²) >= 11 is 0. The number of aromatic nitrogens is 3. The van der Waals surface area contributed by atoms with Gasteiger partial charge in [-0.1, -0.05) is 0 Å². The van der Waals surface area contributed by atoms with E-state index in [1.54, 1.807) is 6.07 Å². The quantitative estimate of drug-likeness (QED) is 0.594. The highest BCUT2D eigenvalue weighted by molar-refractivity contribution is 5.32. The molecule has 2 aromatic heterocycles. The number of aryl methyl sites for hydroxylation is 1. The Hall–Kier alpha value is -2.97. The minimum atomic E-state index is -0.950. The van der Waals surface area contributed by atoms with Crippen LogP contribution in [0.5, 0.6) is 0 Å². The van der Waals surface area contributed by atoms with E-state index in [1.807, 2.05) is 0 Å². The first-order chi connectivity index (χ1) is 9.40. The molecule has 0 unspecified atom stereocenters. The summed E-state index contributed by atoms with van der Waals surface area (Å²) in [5.41, 5.74) is 3.81. The number of hydrogen-bond acceptors (Lipinski definition) is 6. The van der Waals surface area contributed by atoms with Crippen LogP contribution >= 0.6 is 0 Å². The third-order valence-electron chi connectivity index (χ3n) is 2.70. The van der Waals surface area contributed by atoms with Crippen LogP contribution in [0.3, 0.4) is 0 Å². The number of hydrogen-bond donors (Lipinski definition) is 1. The van der Waals surface area contributed by atoms with E-state index in [0.29, 0.717) is 5.56 Å². The number of nitrogens with zero attached hydrogens (tertiary/aromatic N) is 4. The summed E-state index contributed by atoms with van der Waals surface area (Å²) in [6.07, 6.45) is 2.33. The van der Waals surface area contributed by atoms with Crippen molar-refractivity contribution in [2.75, 3.05) is 5.73 Å². The maximum Gasteiger partial charge on any atom is 0.350 e. The molecule has 0 atom stereocenters. The molecule has 0 spiro atoms. The van der Waals surface area contributed by atoms with Crippen molar-refractivity contribution >= 4 is 11.5 Å². The summed E-state index contributed by atoms with van der Waals surface area (Å²) in [7, 11) is 1.34. The minimum absolute atomic E-state index is 0.111. The van der Waals surface area contributed by atoms with Gasteiger partial charge in [-0.15, -0.1) is 0 Å². The fourth-order valence-corrected chi connectivity index (χ4v) is 1.75. The molecular formula is C11H11N5O4. The van der Waals surface area contributed by atoms with Crippen LogP contribution in [0.25, 0.3) is 0 Å². The van der Waals surface area contributed by atoms with Crippen molar-refractivity contribution in [2.45, 2.75) is 6.54 Å². The van der Waals surface area contributed by atoms with E-state index < -0.39 is 21.9 Å². The summed E-state index contributed by atoms with van der Waals surface area (Å²) in [4.78, 5) is 37.6. The lowest BCUT2D eigenvalue weighted by atomic mass is 10.2. The SMILES string of the molecule is Cn1cc([N+](=O)[O-])c(=O)n(Cc2ccnc(N)c2)c1=O. The first kappa shape index (κ1) is 13.5. The molecule has 0 fully saturated rings. The zero-order chi connectivity index (χ0) is 14.9. The van der Waals surface area contributed by atoms with Crippen molar-refractivity contribution in [1.29, 1.82) is 0 Å². The second kappa shape index (κ2) is 4.96. The van der Waals surface area contributed by atoms with Gasteiger partial charge in [0, 0.05) is 13.2 Å². The number of nitrogen functional groups attached to an aromatic ring is 1. The van der Waals surface area contributed by atoms with Crippen molar-refractivity contribution in [3.8, 4) is 0 Å². The largest absolute Gasteiger partial charge is 0.384 e. The molecule has 0 saturated carbocycles. The van der Waals surface area contributed by atoms with Crippen LogP contribution in [0.15, 0.2) is 34.1 Å². The van der Waals surface area contributed by atoms with Crippen LogP contribution in [-0.2, 0) is 13.6 Å². The highest BCUT2D eigenvalue weighted by Gasteiger charge is 2.18. The van der Waals surface area contributed by atoms with Gasteiger partial charge < -0.3 is 5.73 Å². The molecule has 2 aromatic rings. The topological polar surface area (TPSA) is 126 Å². The van der Waals surface area contributed by atoms with Gasteiger partial charge >= 0.3 is 16.9 Å². The molecule has 0 aliphatic carbocycles. The number of nitro groups is 1. The molecule has 2 rings (SSSR count). The van der Waals surface area contributed by atoms with Gasteiger partial charge in [-0.2, -0.15) is 0 Å². The first-order valence-corrected chi connectivity index (χ1v) is 5.55. The normalized spacial score (nSPS) is 10.4. The van der Waals surface area contributed by atoms with Gasteiger partial charge in [0.2, 0.25) is 0 Å². The van der Waals surface area contributed by atoms with E-state index in [4.69, 9.17) is 5.73 Å². The lowest BCUT2D eigenvalue weighted by Crippen LogP contribution is -2.39. The lowest BCUT2D eigenvalue weighted by molar-refractivity contribution is -0.387. The maximum absolute atomic E-state index is 11.9. The Balaban J connectivity index is 2.60. The van der Waals surface area contributed by atoms with E-state index >= 15 is 0 Å². The average Bonchev–Trinajstić information content (AvgIpc) is 2.38. The molecule has 0 bridgehead atoms. The summed E-state index contributed by atoms with van der Waals surface area (Å²) in [6.45, 7) is -0.111. The lowest BCUT2D eigenvalue weighted by Gasteiger charge is -2.07. The smallest absolute Gasteiger partial charge is 0.350 e. The third-order valence-corrected chi connectivity index (χ3v) is 2.70. The van der Waals surface area contributed by atoms with Crippen LogP contribution in [0, 0.1) is 10.1 Å². The first-order valence-electron chi connectivity index (χ1n) is 5.55. The fourth-order valence-electron chi connectivity index (χ4n) is 1.75. The molecular weight excluding hydrogens is 266 g/mol. The highest BCUT2D eigenvalue weighted by Crippen LogP contribution is 2.05. The fraction of sp³-hybridized carbons (Fsp3) is 0.182. The molecule has 2 heterocycles. The molecule has 0 amide bonds. The Morgan fingerprint density at radius 2 is 2.15 bits per heavy atom. The summed E-state index contributed by atoms with van der Waals surface area (Å²) in [5, 5.41) is 10.8. The van der Waals surface area contributed by atoms with Crippen LogP contribution in [0.4, 0.5) is 11.5 Å². The van der Waals surface area contributed by atoms with Gasteiger partial charge in [-0.25, -0.2) is 14.3 Å². The predicted molar refractivity (Wildman–Crippen MR) is 70.3 cm³/mol. The molecule has 0 radical (unpaired) electrons.